The van der Waals surface area contributed by atoms with Crippen molar-refractivity contribution in [1.82, 2.24) is 19.5 Å². The number of aryl methyl sites for hydroxylation is 1. The van der Waals surface area contributed by atoms with Gasteiger partial charge < -0.3 is 0 Å². The Hall–Kier alpha value is -1.88. The summed E-state index contributed by atoms with van der Waals surface area (Å²) >= 11 is 0. The molecule has 2 aromatic heterocycles. The smallest absolute Gasteiger partial charge is 0.272 e. The summed E-state index contributed by atoms with van der Waals surface area (Å²) in [7, 11) is 0. The van der Waals surface area contributed by atoms with Gasteiger partial charge in [-0.25, -0.2) is 9.50 Å². The molecule has 1 N–H and O–H groups in total. The van der Waals surface area contributed by atoms with Crippen molar-refractivity contribution < 1.29 is 0 Å². The van der Waals surface area contributed by atoms with E-state index in [1.807, 2.05) is 13.0 Å². The van der Waals surface area contributed by atoms with Gasteiger partial charge in [-0.1, -0.05) is 18.6 Å². The van der Waals surface area contributed by atoms with Crippen molar-refractivity contribution in [2.75, 3.05) is 13.1 Å². The molecule has 0 aliphatic heterocycles. The van der Waals surface area contributed by atoms with Gasteiger partial charge in [0.15, 0.2) is 5.65 Å². The SMILES string of the molecule is CCN(CCC1=CCCCC1)Cc1cc(=O)n2[nH]c(C)cc2n1. The van der Waals surface area contributed by atoms with Crippen LogP contribution >= 0.6 is 0 Å². The number of aromatic amines is 1. The molecular weight excluding hydrogens is 288 g/mol. The number of aromatic nitrogens is 3. The highest BCUT2D eigenvalue weighted by Gasteiger charge is 2.10. The zero-order valence-electron chi connectivity index (χ0n) is 14.1. The topological polar surface area (TPSA) is 53.4 Å². The number of allylic oxidation sites excluding steroid dienone is 1. The monoisotopic (exact) mass is 314 g/mol. The van der Waals surface area contributed by atoms with E-state index in [1.165, 1.54) is 30.2 Å². The van der Waals surface area contributed by atoms with Crippen molar-refractivity contribution in [2.45, 2.75) is 52.5 Å². The molecule has 0 radical (unpaired) electrons. The van der Waals surface area contributed by atoms with Crippen molar-refractivity contribution in [3.05, 3.63) is 45.5 Å². The van der Waals surface area contributed by atoms with E-state index in [9.17, 15) is 4.79 Å². The zero-order chi connectivity index (χ0) is 16.2. The molecule has 3 rings (SSSR count). The fraction of sp³-hybridized carbons (Fsp3) is 0.556. The summed E-state index contributed by atoms with van der Waals surface area (Å²) in [6.07, 6.45) is 8.72. The van der Waals surface area contributed by atoms with E-state index in [0.29, 0.717) is 5.65 Å². The van der Waals surface area contributed by atoms with Crippen LogP contribution in [0.3, 0.4) is 0 Å². The largest absolute Gasteiger partial charge is 0.297 e. The van der Waals surface area contributed by atoms with E-state index in [0.717, 1.165) is 37.4 Å². The average Bonchev–Trinajstić information content (AvgIpc) is 2.93. The van der Waals surface area contributed by atoms with Gasteiger partial charge in [0.25, 0.3) is 5.56 Å². The Balaban J connectivity index is 1.68. The Bertz CT molecular complexity index is 756. The maximum Gasteiger partial charge on any atom is 0.272 e. The Kier molecular flexibility index (Phi) is 4.96. The molecule has 1 aliphatic carbocycles. The minimum atomic E-state index is -0.0378. The quantitative estimate of drug-likeness (QED) is 0.834. The van der Waals surface area contributed by atoms with Crippen LogP contribution in [0.25, 0.3) is 5.65 Å². The Labute approximate surface area is 137 Å². The first-order valence-corrected chi connectivity index (χ1v) is 8.64. The molecule has 0 saturated heterocycles. The van der Waals surface area contributed by atoms with Gasteiger partial charge in [-0.3, -0.25) is 14.8 Å². The lowest BCUT2D eigenvalue weighted by Crippen LogP contribution is -2.26. The molecule has 0 amide bonds. The molecular formula is C18H26N4O. The lowest BCUT2D eigenvalue weighted by molar-refractivity contribution is 0.278. The van der Waals surface area contributed by atoms with E-state index in [4.69, 9.17) is 0 Å². The van der Waals surface area contributed by atoms with E-state index < -0.39 is 0 Å². The fourth-order valence-corrected chi connectivity index (χ4v) is 3.25. The molecule has 1 aliphatic rings. The number of hydrogen-bond acceptors (Lipinski definition) is 3. The first-order valence-electron chi connectivity index (χ1n) is 8.64. The maximum absolute atomic E-state index is 12.2. The summed E-state index contributed by atoms with van der Waals surface area (Å²) in [6.45, 7) is 6.85. The summed E-state index contributed by atoms with van der Waals surface area (Å²) in [5, 5.41) is 3.01. The minimum Gasteiger partial charge on any atom is -0.297 e. The van der Waals surface area contributed by atoms with Crippen molar-refractivity contribution in [2.24, 2.45) is 0 Å². The molecule has 0 saturated carbocycles. The Morgan fingerprint density at radius 3 is 2.96 bits per heavy atom. The van der Waals surface area contributed by atoms with Crippen molar-refractivity contribution in [1.29, 1.82) is 0 Å². The first kappa shape index (κ1) is 16.0. The minimum absolute atomic E-state index is 0.0378. The van der Waals surface area contributed by atoms with Gasteiger partial charge >= 0.3 is 0 Å². The van der Waals surface area contributed by atoms with E-state index in [-0.39, 0.29) is 5.56 Å². The molecule has 0 unspecified atom stereocenters. The van der Waals surface area contributed by atoms with Crippen LogP contribution in [0.15, 0.2) is 28.6 Å². The van der Waals surface area contributed by atoms with Crippen LogP contribution in [0, 0.1) is 6.92 Å². The van der Waals surface area contributed by atoms with Gasteiger partial charge in [0.05, 0.1) is 5.69 Å². The highest BCUT2D eigenvalue weighted by Crippen LogP contribution is 2.20. The molecule has 2 heterocycles. The van der Waals surface area contributed by atoms with Gasteiger partial charge in [0.2, 0.25) is 0 Å². The van der Waals surface area contributed by atoms with E-state index in [2.05, 4.69) is 28.0 Å². The molecule has 23 heavy (non-hydrogen) atoms. The second kappa shape index (κ2) is 7.13. The third-order valence-electron chi connectivity index (χ3n) is 4.60. The standard InChI is InChI=1S/C18H26N4O/c1-3-21(10-9-15-7-5-4-6-8-15)13-16-12-18(23)22-17(19-16)11-14(2)20-22/h7,11-12,20H,3-6,8-10,13H2,1-2H3. The predicted molar refractivity (Wildman–Crippen MR) is 92.7 cm³/mol. The number of hydrogen-bond donors (Lipinski definition) is 1. The third-order valence-corrected chi connectivity index (χ3v) is 4.60. The molecule has 5 nitrogen and oxygen atoms in total. The molecule has 2 aromatic rings. The number of H-pyrrole nitrogens is 1. The molecule has 5 heteroatoms. The second-order valence-electron chi connectivity index (χ2n) is 6.45. The number of nitrogens with one attached hydrogen (secondary N) is 1. The van der Waals surface area contributed by atoms with E-state index in [1.54, 1.807) is 11.6 Å². The Morgan fingerprint density at radius 1 is 1.35 bits per heavy atom. The normalized spacial score (nSPS) is 15.3. The van der Waals surface area contributed by atoms with Crippen LogP contribution in [-0.4, -0.2) is 32.6 Å². The zero-order valence-corrected chi connectivity index (χ0v) is 14.1. The highest BCUT2D eigenvalue weighted by molar-refractivity contribution is 5.39. The van der Waals surface area contributed by atoms with Gasteiger partial charge in [0.1, 0.15) is 0 Å². The van der Waals surface area contributed by atoms with Crippen LogP contribution in [0.2, 0.25) is 0 Å². The molecule has 0 atom stereocenters. The van der Waals surface area contributed by atoms with Gasteiger partial charge in [-0.2, -0.15) is 0 Å². The average molecular weight is 314 g/mol. The second-order valence-corrected chi connectivity index (χ2v) is 6.45. The molecule has 0 spiro atoms. The lowest BCUT2D eigenvalue weighted by Gasteiger charge is -2.21. The van der Waals surface area contributed by atoms with Crippen LogP contribution in [-0.2, 0) is 6.54 Å². The summed E-state index contributed by atoms with van der Waals surface area (Å²) in [5.41, 5.74) is 4.07. The van der Waals surface area contributed by atoms with Crippen molar-refractivity contribution in [3.8, 4) is 0 Å². The number of nitrogens with zero attached hydrogens (tertiary/aromatic N) is 3. The summed E-state index contributed by atoms with van der Waals surface area (Å²) < 4.78 is 1.50. The van der Waals surface area contributed by atoms with E-state index >= 15 is 0 Å². The van der Waals surface area contributed by atoms with Crippen LogP contribution < -0.4 is 5.56 Å². The van der Waals surface area contributed by atoms with Crippen LogP contribution in [0.1, 0.15) is 50.4 Å². The fourth-order valence-electron chi connectivity index (χ4n) is 3.25. The van der Waals surface area contributed by atoms with Gasteiger partial charge in [-0.15, -0.1) is 0 Å². The van der Waals surface area contributed by atoms with Crippen molar-refractivity contribution in [3.63, 3.8) is 0 Å². The van der Waals surface area contributed by atoms with Gasteiger partial charge in [0, 0.05) is 30.9 Å². The van der Waals surface area contributed by atoms with Gasteiger partial charge in [-0.05, 0) is 45.6 Å². The summed E-state index contributed by atoms with van der Waals surface area (Å²) in [6, 6.07) is 3.56. The molecule has 0 aromatic carbocycles. The van der Waals surface area contributed by atoms with Crippen LogP contribution in [0.4, 0.5) is 0 Å². The number of fused-ring (bicyclic) bond motifs is 1. The molecule has 124 valence electrons. The third kappa shape index (κ3) is 3.91. The Morgan fingerprint density at radius 2 is 2.22 bits per heavy atom. The molecule has 0 fully saturated rings. The van der Waals surface area contributed by atoms with Crippen molar-refractivity contribution >= 4 is 5.65 Å². The summed E-state index contributed by atoms with van der Waals surface area (Å²) in [4.78, 5) is 19.1. The maximum atomic E-state index is 12.2. The van der Waals surface area contributed by atoms with Crippen LogP contribution in [0.5, 0.6) is 0 Å². The summed E-state index contributed by atoms with van der Waals surface area (Å²) in [5.74, 6) is 0. The lowest BCUT2D eigenvalue weighted by atomic mass is 9.97. The first-order chi connectivity index (χ1) is 11.2. The highest BCUT2D eigenvalue weighted by atomic mass is 16.1. The number of rotatable bonds is 6. The predicted octanol–water partition coefficient (Wildman–Crippen LogP) is 3.04. The molecule has 0 bridgehead atoms.